The summed E-state index contributed by atoms with van der Waals surface area (Å²) in [7, 11) is 0. The first-order valence-electron chi connectivity index (χ1n) is 4.05. The van der Waals surface area contributed by atoms with Crippen LogP contribution in [0.5, 0.6) is 0 Å². The normalized spacial score (nSPS) is 13.3. The maximum absolute atomic E-state index is 11.6. The molecule has 0 radical (unpaired) electrons. The fraction of sp³-hybridized carbons (Fsp3) is 0.556. The summed E-state index contributed by atoms with van der Waals surface area (Å²) in [6, 6.07) is 0. The molecule has 1 rings (SSSR count). The van der Waals surface area contributed by atoms with Gasteiger partial charge in [0.05, 0.1) is 10.4 Å². The lowest BCUT2D eigenvalue weighted by atomic mass is 9.93. The van der Waals surface area contributed by atoms with Gasteiger partial charge in [0.1, 0.15) is 0 Å². The van der Waals surface area contributed by atoms with E-state index in [0.717, 1.165) is 4.88 Å². The molecule has 1 aromatic heterocycles. The van der Waals surface area contributed by atoms with Crippen LogP contribution in [0.4, 0.5) is 0 Å². The van der Waals surface area contributed by atoms with Crippen LogP contribution >= 0.6 is 11.3 Å². The molecule has 1 aromatic rings. The van der Waals surface area contributed by atoms with Crippen LogP contribution < -0.4 is 0 Å². The fourth-order valence-corrected chi connectivity index (χ4v) is 1.52. The minimum Gasteiger partial charge on any atom is -0.293 e. The Balaban J connectivity index is 2.72. The largest absolute Gasteiger partial charge is 0.293 e. The Labute approximate surface area is 76.6 Å². The molecule has 0 aliphatic rings. The van der Waals surface area contributed by atoms with Crippen LogP contribution in [0.2, 0.25) is 0 Å². The van der Waals surface area contributed by atoms with Crippen molar-refractivity contribution in [2.75, 3.05) is 0 Å². The van der Waals surface area contributed by atoms with Crippen LogP contribution in [-0.4, -0.2) is 10.8 Å². The van der Waals surface area contributed by atoms with Crippen LogP contribution in [0.15, 0.2) is 11.7 Å². The first-order valence-corrected chi connectivity index (χ1v) is 4.93. The minimum absolute atomic E-state index is 0.102. The van der Waals surface area contributed by atoms with Gasteiger partial charge < -0.3 is 0 Å². The first-order chi connectivity index (χ1) is 5.63. The van der Waals surface area contributed by atoms with Crippen molar-refractivity contribution in [1.29, 1.82) is 0 Å². The number of hydrogen-bond acceptors (Lipinski definition) is 3. The highest BCUT2D eigenvalue weighted by Crippen LogP contribution is 2.18. The van der Waals surface area contributed by atoms with E-state index >= 15 is 0 Å². The average Bonchev–Trinajstić information content (AvgIpc) is 2.53. The summed E-state index contributed by atoms with van der Waals surface area (Å²) in [5, 5.41) is 0. The Morgan fingerprint density at radius 1 is 1.50 bits per heavy atom. The van der Waals surface area contributed by atoms with Gasteiger partial charge >= 0.3 is 0 Å². The molecule has 1 heterocycles. The molecule has 2 nitrogen and oxygen atoms in total. The zero-order valence-corrected chi connectivity index (χ0v) is 8.39. The summed E-state index contributed by atoms with van der Waals surface area (Å²) in [5.41, 5.74) is 1.69. The summed E-state index contributed by atoms with van der Waals surface area (Å²) < 4.78 is 0. The number of hydrogen-bond donors (Lipinski definition) is 0. The molecule has 66 valence electrons. The van der Waals surface area contributed by atoms with Gasteiger partial charge in [-0.05, 0) is 5.92 Å². The third-order valence-corrected chi connectivity index (χ3v) is 2.88. The second-order valence-electron chi connectivity index (χ2n) is 3.26. The number of carbonyl (C=O) groups excluding carboxylic acids is 1. The highest BCUT2D eigenvalue weighted by molar-refractivity contribution is 7.11. The predicted octanol–water partition coefficient (Wildman–Crippen LogP) is 2.62. The number of carbonyl (C=O) groups is 1. The summed E-state index contributed by atoms with van der Waals surface area (Å²) >= 11 is 1.42. The number of Topliss-reactive ketones (excluding diaryl/α,β-unsaturated/α-hetero) is 1. The molecular formula is C9H13NOS. The molecule has 0 amide bonds. The summed E-state index contributed by atoms with van der Waals surface area (Å²) in [6.07, 6.45) is 1.64. The molecule has 0 N–H and O–H groups in total. The quantitative estimate of drug-likeness (QED) is 0.674. The van der Waals surface area contributed by atoms with Crippen LogP contribution in [0, 0.1) is 11.8 Å². The number of nitrogens with zero attached hydrogens (tertiary/aromatic N) is 1. The lowest BCUT2D eigenvalue weighted by molar-refractivity contribution is 0.0904. The molecule has 0 fully saturated rings. The van der Waals surface area contributed by atoms with E-state index in [1.807, 2.05) is 6.92 Å². The van der Waals surface area contributed by atoms with Gasteiger partial charge in [-0.3, -0.25) is 9.78 Å². The Kier molecular flexibility index (Phi) is 2.98. The molecule has 0 saturated heterocycles. The molecule has 3 heteroatoms. The molecule has 0 aliphatic carbocycles. The van der Waals surface area contributed by atoms with E-state index in [1.54, 1.807) is 11.7 Å². The molecule has 0 saturated carbocycles. The summed E-state index contributed by atoms with van der Waals surface area (Å²) in [6.45, 7) is 6.08. The molecular weight excluding hydrogens is 170 g/mol. The van der Waals surface area contributed by atoms with E-state index in [-0.39, 0.29) is 11.7 Å². The second-order valence-corrected chi connectivity index (χ2v) is 4.15. The molecule has 0 spiro atoms. The summed E-state index contributed by atoms with van der Waals surface area (Å²) in [5.74, 6) is 0.720. The second kappa shape index (κ2) is 3.81. The van der Waals surface area contributed by atoms with Gasteiger partial charge in [-0.25, -0.2) is 0 Å². The van der Waals surface area contributed by atoms with Crippen LogP contribution in [0.1, 0.15) is 30.4 Å². The van der Waals surface area contributed by atoms with Crippen molar-refractivity contribution in [2.24, 2.45) is 11.8 Å². The third-order valence-electron chi connectivity index (χ3n) is 2.09. The van der Waals surface area contributed by atoms with Crippen molar-refractivity contribution >= 4 is 17.1 Å². The minimum atomic E-state index is 0.102. The first kappa shape index (κ1) is 9.39. The van der Waals surface area contributed by atoms with Crippen molar-refractivity contribution in [3.63, 3.8) is 0 Å². The van der Waals surface area contributed by atoms with Crippen molar-refractivity contribution in [3.8, 4) is 0 Å². The number of thiazole rings is 1. The average molecular weight is 183 g/mol. The number of aromatic nitrogens is 1. The molecule has 0 aliphatic heterocycles. The zero-order chi connectivity index (χ0) is 9.14. The van der Waals surface area contributed by atoms with Gasteiger partial charge in [-0.15, -0.1) is 11.3 Å². The lowest BCUT2D eigenvalue weighted by Gasteiger charge is -2.11. The topological polar surface area (TPSA) is 30.0 Å². The molecule has 1 atom stereocenters. The molecule has 0 bridgehead atoms. The van der Waals surface area contributed by atoms with Gasteiger partial charge in [-0.1, -0.05) is 20.8 Å². The Morgan fingerprint density at radius 3 is 2.58 bits per heavy atom. The zero-order valence-electron chi connectivity index (χ0n) is 7.57. The lowest BCUT2D eigenvalue weighted by Crippen LogP contribution is -2.15. The van der Waals surface area contributed by atoms with Gasteiger partial charge in [0.25, 0.3) is 0 Å². The highest BCUT2D eigenvalue weighted by atomic mass is 32.1. The van der Waals surface area contributed by atoms with E-state index in [0.29, 0.717) is 5.92 Å². The van der Waals surface area contributed by atoms with E-state index in [2.05, 4.69) is 18.8 Å². The van der Waals surface area contributed by atoms with Crippen molar-refractivity contribution in [2.45, 2.75) is 20.8 Å². The van der Waals surface area contributed by atoms with Crippen molar-refractivity contribution in [1.82, 2.24) is 4.98 Å². The van der Waals surface area contributed by atoms with Gasteiger partial charge in [0.2, 0.25) is 0 Å². The van der Waals surface area contributed by atoms with Crippen LogP contribution in [0.25, 0.3) is 0 Å². The maximum atomic E-state index is 11.6. The Bertz CT molecular complexity index is 254. The van der Waals surface area contributed by atoms with Gasteiger partial charge in [0, 0.05) is 12.1 Å². The number of ketones is 1. The standard InChI is InChI=1S/C9H13NOS/c1-6(2)7(3)9(11)8-4-10-5-12-8/h4-7H,1-3H3. The van der Waals surface area contributed by atoms with Crippen molar-refractivity contribution in [3.05, 3.63) is 16.6 Å². The predicted molar refractivity (Wildman–Crippen MR) is 50.4 cm³/mol. The van der Waals surface area contributed by atoms with Crippen molar-refractivity contribution < 1.29 is 4.79 Å². The number of rotatable bonds is 3. The molecule has 1 unspecified atom stereocenters. The van der Waals surface area contributed by atoms with Crippen LogP contribution in [-0.2, 0) is 0 Å². The van der Waals surface area contributed by atoms with Gasteiger partial charge in [-0.2, -0.15) is 0 Å². The third kappa shape index (κ3) is 1.91. The van der Waals surface area contributed by atoms with Gasteiger partial charge in [0.15, 0.2) is 5.78 Å². The molecule has 0 aromatic carbocycles. The molecule has 12 heavy (non-hydrogen) atoms. The smallest absolute Gasteiger partial charge is 0.177 e. The monoisotopic (exact) mass is 183 g/mol. The fourth-order valence-electron chi connectivity index (χ4n) is 0.865. The van der Waals surface area contributed by atoms with E-state index in [1.165, 1.54) is 11.3 Å². The Hall–Kier alpha value is -0.700. The maximum Gasteiger partial charge on any atom is 0.177 e. The van der Waals surface area contributed by atoms with E-state index < -0.39 is 0 Å². The highest BCUT2D eigenvalue weighted by Gasteiger charge is 2.19. The Morgan fingerprint density at radius 2 is 2.17 bits per heavy atom. The van der Waals surface area contributed by atoms with E-state index in [9.17, 15) is 4.79 Å². The van der Waals surface area contributed by atoms with Crippen LogP contribution in [0.3, 0.4) is 0 Å². The SMILES string of the molecule is CC(C)C(C)C(=O)c1cncs1. The summed E-state index contributed by atoms with van der Waals surface area (Å²) in [4.78, 5) is 16.3. The van der Waals surface area contributed by atoms with E-state index in [4.69, 9.17) is 0 Å².